The molecule has 18 heavy (non-hydrogen) atoms. The largest absolute Gasteiger partial charge is 0.379 e. The highest BCUT2D eigenvalue weighted by molar-refractivity contribution is 5.46. The fourth-order valence-corrected chi connectivity index (χ4v) is 1.68. The molecule has 94 valence electrons. The lowest BCUT2D eigenvalue weighted by Crippen LogP contribution is -2.03. The Bertz CT molecular complexity index is 567. The fourth-order valence-electron chi connectivity index (χ4n) is 1.68. The van der Waals surface area contributed by atoms with Gasteiger partial charge in [-0.3, -0.25) is 0 Å². The lowest BCUT2D eigenvalue weighted by Gasteiger charge is -2.10. The number of halogens is 3. The molecule has 0 atom stereocenters. The average Bonchev–Trinajstić information content (AvgIpc) is 2.32. The average molecular weight is 251 g/mol. The van der Waals surface area contributed by atoms with Crippen LogP contribution in [0.2, 0.25) is 0 Å². The third-order valence-corrected chi connectivity index (χ3v) is 2.70. The maximum Gasteiger partial charge on any atom is 0.146 e. The molecule has 2 aromatic carbocycles. The molecule has 0 heterocycles. The number of nitrogens with one attached hydrogen (secondary N) is 1. The van der Waals surface area contributed by atoms with Gasteiger partial charge in [0.2, 0.25) is 0 Å². The fraction of sp³-hybridized carbons (Fsp3) is 0.143. The van der Waals surface area contributed by atoms with Crippen molar-refractivity contribution < 1.29 is 13.2 Å². The summed E-state index contributed by atoms with van der Waals surface area (Å²) in [7, 11) is 0. The molecule has 0 bridgehead atoms. The monoisotopic (exact) mass is 251 g/mol. The lowest BCUT2D eigenvalue weighted by molar-refractivity contribution is 0.602. The van der Waals surface area contributed by atoms with Gasteiger partial charge in [0.05, 0.1) is 5.69 Å². The van der Waals surface area contributed by atoms with E-state index in [0.717, 1.165) is 29.3 Å². The predicted octanol–water partition coefficient (Wildman–Crippen LogP) is 4.02. The van der Waals surface area contributed by atoms with Crippen molar-refractivity contribution in [1.29, 1.82) is 0 Å². The Morgan fingerprint density at radius 1 is 0.944 bits per heavy atom. The summed E-state index contributed by atoms with van der Waals surface area (Å²) in [5.74, 6) is -1.33. The zero-order chi connectivity index (χ0) is 13.1. The molecule has 0 saturated heterocycles. The second-order valence-corrected chi connectivity index (χ2v) is 4.05. The van der Waals surface area contributed by atoms with Gasteiger partial charge in [-0.1, -0.05) is 6.07 Å². The third-order valence-electron chi connectivity index (χ3n) is 2.70. The molecular formula is C14H12F3N. The van der Waals surface area contributed by atoms with Gasteiger partial charge in [0.15, 0.2) is 0 Å². The normalized spacial score (nSPS) is 10.4. The van der Waals surface area contributed by atoms with Crippen molar-refractivity contribution >= 4 is 5.69 Å². The summed E-state index contributed by atoms with van der Waals surface area (Å²) in [5, 5.41) is 2.79. The van der Waals surface area contributed by atoms with Gasteiger partial charge < -0.3 is 5.32 Å². The van der Waals surface area contributed by atoms with E-state index in [1.807, 2.05) is 0 Å². The molecule has 1 N–H and O–H groups in total. The number of benzene rings is 2. The van der Waals surface area contributed by atoms with Crippen LogP contribution < -0.4 is 5.32 Å². The first-order valence-electron chi connectivity index (χ1n) is 5.50. The van der Waals surface area contributed by atoms with Gasteiger partial charge in [-0.15, -0.1) is 0 Å². The number of rotatable bonds is 3. The zero-order valence-electron chi connectivity index (χ0n) is 9.81. The smallest absolute Gasteiger partial charge is 0.146 e. The zero-order valence-corrected chi connectivity index (χ0v) is 9.81. The van der Waals surface area contributed by atoms with Crippen LogP contribution in [0.1, 0.15) is 11.1 Å². The van der Waals surface area contributed by atoms with Gasteiger partial charge in [0.1, 0.15) is 17.5 Å². The molecule has 4 heteroatoms. The van der Waals surface area contributed by atoms with Crippen LogP contribution in [0, 0.1) is 24.4 Å². The molecular weight excluding hydrogens is 239 g/mol. The molecule has 2 aromatic rings. The number of aryl methyl sites for hydroxylation is 1. The highest BCUT2D eigenvalue weighted by atomic mass is 19.1. The SMILES string of the molecule is Cc1cc(F)ccc1CNc1cc(F)ccc1F. The van der Waals surface area contributed by atoms with E-state index in [9.17, 15) is 13.2 Å². The van der Waals surface area contributed by atoms with Crippen LogP contribution >= 0.6 is 0 Å². The van der Waals surface area contributed by atoms with E-state index in [2.05, 4.69) is 5.32 Å². The van der Waals surface area contributed by atoms with Gasteiger partial charge in [-0.05, 0) is 48.4 Å². The van der Waals surface area contributed by atoms with Crippen LogP contribution in [0.15, 0.2) is 36.4 Å². The van der Waals surface area contributed by atoms with Crippen molar-refractivity contribution in [3.63, 3.8) is 0 Å². The van der Waals surface area contributed by atoms with Gasteiger partial charge >= 0.3 is 0 Å². The van der Waals surface area contributed by atoms with Crippen LogP contribution in [0.5, 0.6) is 0 Å². The van der Waals surface area contributed by atoms with E-state index >= 15 is 0 Å². The Hall–Kier alpha value is -1.97. The maximum absolute atomic E-state index is 13.3. The molecule has 0 amide bonds. The summed E-state index contributed by atoms with van der Waals surface area (Å²) >= 11 is 0. The highest BCUT2D eigenvalue weighted by Crippen LogP contribution is 2.17. The second-order valence-electron chi connectivity index (χ2n) is 4.05. The summed E-state index contributed by atoms with van der Waals surface area (Å²) in [5.41, 5.74) is 1.69. The van der Waals surface area contributed by atoms with E-state index in [0.29, 0.717) is 6.54 Å². The van der Waals surface area contributed by atoms with Crippen molar-refractivity contribution in [2.45, 2.75) is 13.5 Å². The Labute approximate surface area is 103 Å². The first-order valence-corrected chi connectivity index (χ1v) is 5.50. The minimum absolute atomic E-state index is 0.0960. The van der Waals surface area contributed by atoms with E-state index in [-0.39, 0.29) is 11.5 Å². The topological polar surface area (TPSA) is 12.0 Å². The van der Waals surface area contributed by atoms with E-state index < -0.39 is 11.6 Å². The van der Waals surface area contributed by atoms with Crippen LogP contribution in [-0.2, 0) is 6.54 Å². The highest BCUT2D eigenvalue weighted by Gasteiger charge is 2.05. The van der Waals surface area contributed by atoms with Crippen LogP contribution in [0.4, 0.5) is 18.9 Å². The van der Waals surface area contributed by atoms with Gasteiger partial charge in [0, 0.05) is 6.54 Å². The first kappa shape index (κ1) is 12.5. The Kier molecular flexibility index (Phi) is 3.55. The summed E-state index contributed by atoms with van der Waals surface area (Å²) in [6.45, 7) is 2.08. The quantitative estimate of drug-likeness (QED) is 0.868. The van der Waals surface area contributed by atoms with Gasteiger partial charge in [-0.25, -0.2) is 13.2 Å². The minimum Gasteiger partial charge on any atom is -0.379 e. The van der Waals surface area contributed by atoms with E-state index in [1.54, 1.807) is 13.0 Å². The molecule has 0 aliphatic rings. The summed E-state index contributed by atoms with van der Waals surface area (Å²) in [4.78, 5) is 0. The lowest BCUT2D eigenvalue weighted by atomic mass is 10.1. The minimum atomic E-state index is -0.517. The summed E-state index contributed by atoms with van der Waals surface area (Å²) < 4.78 is 39.2. The Balaban J connectivity index is 2.13. The van der Waals surface area contributed by atoms with Crippen molar-refractivity contribution in [1.82, 2.24) is 0 Å². The van der Waals surface area contributed by atoms with Crippen LogP contribution in [-0.4, -0.2) is 0 Å². The molecule has 0 radical (unpaired) electrons. The maximum atomic E-state index is 13.3. The van der Waals surface area contributed by atoms with E-state index in [1.165, 1.54) is 12.1 Å². The first-order chi connectivity index (χ1) is 8.56. The standard InChI is InChI=1S/C14H12F3N/c1-9-6-11(15)3-2-10(9)8-18-14-7-12(16)4-5-13(14)17/h2-7,18H,8H2,1H3. The molecule has 1 nitrogen and oxygen atoms in total. The van der Waals surface area contributed by atoms with Crippen LogP contribution in [0.3, 0.4) is 0 Å². The molecule has 2 rings (SSSR count). The summed E-state index contributed by atoms with van der Waals surface area (Å²) in [6.07, 6.45) is 0. The molecule has 0 unspecified atom stereocenters. The second kappa shape index (κ2) is 5.12. The van der Waals surface area contributed by atoms with Crippen molar-refractivity contribution in [3.8, 4) is 0 Å². The van der Waals surface area contributed by atoms with Crippen molar-refractivity contribution in [2.75, 3.05) is 5.32 Å². The number of hydrogen-bond acceptors (Lipinski definition) is 1. The Morgan fingerprint density at radius 2 is 1.61 bits per heavy atom. The number of hydrogen-bond donors (Lipinski definition) is 1. The third kappa shape index (κ3) is 2.83. The molecule has 0 aliphatic heterocycles. The van der Waals surface area contributed by atoms with Crippen molar-refractivity contribution in [3.05, 3.63) is 65.0 Å². The van der Waals surface area contributed by atoms with Crippen molar-refractivity contribution in [2.24, 2.45) is 0 Å². The molecule has 0 aromatic heterocycles. The molecule has 0 spiro atoms. The molecule has 0 saturated carbocycles. The molecule has 0 aliphatic carbocycles. The van der Waals surface area contributed by atoms with Crippen LogP contribution in [0.25, 0.3) is 0 Å². The van der Waals surface area contributed by atoms with Gasteiger partial charge in [-0.2, -0.15) is 0 Å². The summed E-state index contributed by atoms with van der Waals surface area (Å²) in [6, 6.07) is 7.58. The number of anilines is 1. The Morgan fingerprint density at radius 3 is 2.33 bits per heavy atom. The van der Waals surface area contributed by atoms with E-state index in [4.69, 9.17) is 0 Å². The molecule has 0 fully saturated rings. The predicted molar refractivity (Wildman–Crippen MR) is 64.8 cm³/mol. The van der Waals surface area contributed by atoms with Gasteiger partial charge in [0.25, 0.3) is 0 Å².